The first-order valence-corrected chi connectivity index (χ1v) is 21.8. The first-order chi connectivity index (χ1) is 25.5. The lowest BCUT2D eigenvalue weighted by atomic mass is 10.0. The number of hydrogen-bond donors (Lipinski definition) is 2. The average Bonchev–Trinajstić information content (AvgIpc) is 3.56. The molecule has 2 aromatic carbocycles. The van der Waals surface area contributed by atoms with Gasteiger partial charge in [0.15, 0.2) is 0 Å². The van der Waals surface area contributed by atoms with E-state index < -0.39 is 12.7 Å². The zero-order chi connectivity index (χ0) is 38.9. The van der Waals surface area contributed by atoms with E-state index in [-0.39, 0.29) is 6.09 Å². The molecule has 0 radical (unpaired) electrons. The molecule has 2 N–H and O–H groups in total. The monoisotopic (exact) mass is 821 g/mol. The summed E-state index contributed by atoms with van der Waals surface area (Å²) in [6.45, 7) is 18.3. The number of likely N-dealkylation sites (tertiary alicyclic amines) is 1. The number of aromatic nitrogens is 4. The number of nitrogens with one attached hydrogen (secondary N) is 2. The maximum absolute atomic E-state index is 13.4. The van der Waals surface area contributed by atoms with E-state index >= 15 is 0 Å². The van der Waals surface area contributed by atoms with Crippen LogP contribution in [0.2, 0.25) is 0 Å². The molecule has 2 saturated heterocycles. The molecule has 2 aromatic heterocycles. The number of methoxy groups -OCH3 is 1. The van der Waals surface area contributed by atoms with E-state index in [0.717, 1.165) is 78.0 Å². The summed E-state index contributed by atoms with van der Waals surface area (Å²) in [6, 6.07) is 8.57. The summed E-state index contributed by atoms with van der Waals surface area (Å²) < 4.78 is 27.4. The second-order valence-corrected chi connectivity index (χ2v) is 19.6. The molecule has 13 nitrogen and oxygen atoms in total. The fourth-order valence-electron chi connectivity index (χ4n) is 7.32. The molecular weight excluding hydrogens is 769 g/mol. The van der Waals surface area contributed by atoms with Crippen molar-refractivity contribution in [3.63, 3.8) is 0 Å². The minimum absolute atomic E-state index is 0.221. The van der Waals surface area contributed by atoms with Gasteiger partial charge in [-0.15, -0.1) is 0 Å². The molecule has 1 amide bonds. The lowest BCUT2D eigenvalue weighted by Gasteiger charge is -2.43. The van der Waals surface area contributed by atoms with Crippen LogP contribution in [0.1, 0.15) is 44.7 Å². The number of aryl methyl sites for hydroxylation is 2. The summed E-state index contributed by atoms with van der Waals surface area (Å²) in [5.41, 5.74) is 6.13. The van der Waals surface area contributed by atoms with Crippen molar-refractivity contribution >= 4 is 63.3 Å². The highest BCUT2D eigenvalue weighted by atomic mass is 79.9. The predicted molar refractivity (Wildman–Crippen MR) is 221 cm³/mol. The Hall–Kier alpha value is -4.13. The maximum Gasteiger partial charge on any atom is 0.410 e. The van der Waals surface area contributed by atoms with E-state index in [1.165, 1.54) is 0 Å². The van der Waals surface area contributed by atoms with Crippen LogP contribution in [0.25, 0.3) is 11.1 Å². The Labute approximate surface area is 327 Å². The fourth-order valence-corrected chi connectivity index (χ4v) is 9.30. The number of rotatable bonds is 9. The molecule has 0 spiro atoms. The molecule has 0 aliphatic carbocycles. The number of halogens is 1. The number of benzene rings is 2. The Morgan fingerprint density at radius 2 is 1.69 bits per heavy atom. The van der Waals surface area contributed by atoms with Gasteiger partial charge >= 0.3 is 6.09 Å². The highest BCUT2D eigenvalue weighted by Crippen LogP contribution is 2.43. The Kier molecular flexibility index (Phi) is 11.7. The third kappa shape index (κ3) is 9.04. The Morgan fingerprint density at radius 1 is 0.981 bits per heavy atom. The quantitative estimate of drug-likeness (QED) is 0.163. The van der Waals surface area contributed by atoms with Gasteiger partial charge in [-0.1, -0.05) is 6.07 Å². The summed E-state index contributed by atoms with van der Waals surface area (Å²) in [4.78, 5) is 28.9. The average molecular weight is 823 g/mol. The van der Waals surface area contributed by atoms with Crippen LogP contribution in [0.5, 0.6) is 5.75 Å². The molecule has 0 bridgehead atoms. The van der Waals surface area contributed by atoms with Crippen molar-refractivity contribution in [2.45, 2.75) is 59.1 Å². The molecule has 4 aromatic rings. The van der Waals surface area contributed by atoms with Crippen LogP contribution in [0.15, 0.2) is 47.3 Å². The predicted octanol–water partition coefficient (Wildman–Crippen LogP) is 7.52. The summed E-state index contributed by atoms with van der Waals surface area (Å²) >= 11 is 3.61. The highest BCUT2D eigenvalue weighted by Gasteiger charge is 2.32. The van der Waals surface area contributed by atoms with Crippen LogP contribution in [0.4, 0.5) is 33.6 Å². The van der Waals surface area contributed by atoms with Crippen molar-refractivity contribution in [2.24, 2.45) is 7.05 Å². The van der Waals surface area contributed by atoms with E-state index in [9.17, 15) is 9.36 Å². The molecule has 0 unspecified atom stereocenters. The van der Waals surface area contributed by atoms with E-state index in [1.54, 1.807) is 31.3 Å². The van der Waals surface area contributed by atoms with Gasteiger partial charge in [-0.2, -0.15) is 10.1 Å². The van der Waals surface area contributed by atoms with Crippen molar-refractivity contribution in [1.82, 2.24) is 29.5 Å². The van der Waals surface area contributed by atoms with E-state index in [2.05, 4.69) is 58.6 Å². The number of anilines is 5. The summed E-state index contributed by atoms with van der Waals surface area (Å²) in [7, 11) is 0.977. The first kappa shape index (κ1) is 39.6. The van der Waals surface area contributed by atoms with Crippen LogP contribution < -0.4 is 25.6 Å². The van der Waals surface area contributed by atoms with E-state index in [0.29, 0.717) is 46.8 Å². The molecule has 54 heavy (non-hydrogen) atoms. The lowest BCUT2D eigenvalue weighted by molar-refractivity contribution is 0.0140. The van der Waals surface area contributed by atoms with Crippen molar-refractivity contribution in [2.75, 3.05) is 75.2 Å². The third-order valence-electron chi connectivity index (χ3n) is 10.1. The van der Waals surface area contributed by atoms with Gasteiger partial charge in [-0.3, -0.25) is 9.58 Å². The number of nitrogens with zero attached hydrogens (tertiary/aromatic N) is 7. The Morgan fingerprint density at radius 3 is 2.30 bits per heavy atom. The van der Waals surface area contributed by atoms with Crippen LogP contribution in [0, 0.1) is 13.8 Å². The van der Waals surface area contributed by atoms with E-state index in [1.807, 2.05) is 71.1 Å². The van der Waals surface area contributed by atoms with Crippen LogP contribution in [0.3, 0.4) is 0 Å². The summed E-state index contributed by atoms with van der Waals surface area (Å²) in [6.07, 6.45) is 7.24. The zero-order valence-electron chi connectivity index (χ0n) is 32.9. The third-order valence-corrected chi connectivity index (χ3v) is 12.3. The van der Waals surface area contributed by atoms with Crippen molar-refractivity contribution in [3.05, 3.63) is 58.5 Å². The molecule has 6 rings (SSSR count). The normalized spacial score (nSPS) is 16.0. The number of hydrogen-bond acceptors (Lipinski definition) is 11. The smallest absolute Gasteiger partial charge is 0.410 e. The largest absolute Gasteiger partial charge is 0.494 e. The molecule has 2 aliphatic rings. The van der Waals surface area contributed by atoms with Crippen molar-refractivity contribution < 1.29 is 18.8 Å². The summed E-state index contributed by atoms with van der Waals surface area (Å²) in [5.74, 6) is 1.57. The zero-order valence-corrected chi connectivity index (χ0v) is 35.3. The van der Waals surface area contributed by atoms with Gasteiger partial charge in [0.05, 0.1) is 29.2 Å². The van der Waals surface area contributed by atoms with Crippen LogP contribution in [-0.2, 0) is 16.3 Å². The molecule has 290 valence electrons. The standard InChI is InChI=1S/C39H53BrN9O4P/c1-25-10-11-31(35(26(25)2)54(8,9)51)43-36-30(40)23-41-37(45-36)44-32-20-29(27-22-42-46(6)24-27)33(21-34(32)52-7)48-18-16-47(17-19-48)28-12-14-49(15-13-28)38(50)53-39(3,4)5/h10-11,20-24,28H,12-19H2,1-9H3,(H2,41,43,44,45). The SMILES string of the molecule is COc1cc(N2CCN(C3CCN(C(=O)OC(C)(C)C)CC3)CC2)c(-c2cnn(C)c2)cc1Nc1ncc(Br)c(Nc2ccc(C)c(C)c2P(C)(C)=O)n1. The number of carbonyl (C=O) groups is 1. The molecule has 0 saturated carbocycles. The molecule has 0 atom stereocenters. The van der Waals surface area contributed by atoms with Gasteiger partial charge in [-0.25, -0.2) is 9.78 Å². The number of ether oxygens (including phenoxy) is 2. The number of piperazine rings is 1. The minimum Gasteiger partial charge on any atom is -0.494 e. The van der Waals surface area contributed by atoms with Gasteiger partial charge in [0.2, 0.25) is 5.95 Å². The first-order valence-electron chi connectivity index (χ1n) is 18.4. The second-order valence-electron chi connectivity index (χ2n) is 15.6. The van der Waals surface area contributed by atoms with Gasteiger partial charge in [-0.05, 0) is 100.0 Å². The number of carbonyl (C=O) groups excluding carboxylic acids is 1. The highest BCUT2D eigenvalue weighted by molar-refractivity contribution is 9.10. The van der Waals surface area contributed by atoms with Gasteiger partial charge in [0, 0.05) is 92.9 Å². The van der Waals surface area contributed by atoms with Gasteiger partial charge in [0.25, 0.3) is 0 Å². The molecular formula is C39H53BrN9O4P. The van der Waals surface area contributed by atoms with Crippen molar-refractivity contribution in [1.29, 1.82) is 0 Å². The minimum atomic E-state index is -2.61. The molecule has 2 aliphatic heterocycles. The van der Waals surface area contributed by atoms with E-state index in [4.69, 9.17) is 14.5 Å². The molecule has 4 heterocycles. The van der Waals surface area contributed by atoms with Gasteiger partial charge in [0.1, 0.15) is 24.3 Å². The number of piperidine rings is 1. The van der Waals surface area contributed by atoms with Crippen molar-refractivity contribution in [3.8, 4) is 16.9 Å². The van der Waals surface area contributed by atoms with Gasteiger partial charge < -0.3 is 34.5 Å². The second kappa shape index (κ2) is 15.9. The maximum atomic E-state index is 13.4. The molecule has 15 heteroatoms. The Bertz CT molecular complexity index is 2040. The number of amides is 1. The fraction of sp³-hybridized carbons (Fsp3) is 0.487. The lowest BCUT2D eigenvalue weighted by Crippen LogP contribution is -2.54. The van der Waals surface area contributed by atoms with Crippen LogP contribution >= 0.6 is 23.1 Å². The Balaban J connectivity index is 1.22. The summed E-state index contributed by atoms with van der Waals surface area (Å²) in [5, 5.41) is 12.1. The molecule has 2 fully saturated rings. The van der Waals surface area contributed by atoms with Crippen LogP contribution in [-0.4, -0.2) is 107 Å². The topological polar surface area (TPSA) is 130 Å².